The molecule has 2 aromatic rings. The van der Waals surface area contributed by atoms with Gasteiger partial charge in [-0.1, -0.05) is 6.07 Å². The number of aromatic nitrogens is 2. The average molecular weight is 214 g/mol. The second kappa shape index (κ2) is 3.16. The number of benzene rings is 1. The van der Waals surface area contributed by atoms with Gasteiger partial charge >= 0.3 is 0 Å². The fraction of sp³-hybridized carbons (Fsp3) is 0.182. The van der Waals surface area contributed by atoms with Crippen LogP contribution in [-0.2, 0) is 11.3 Å². The van der Waals surface area contributed by atoms with E-state index < -0.39 is 0 Å². The summed E-state index contributed by atoms with van der Waals surface area (Å²) < 4.78 is 1.49. The van der Waals surface area contributed by atoms with Crippen molar-refractivity contribution in [1.29, 1.82) is 0 Å². The second-order valence-corrected chi connectivity index (χ2v) is 3.63. The minimum atomic E-state index is -0.117. The van der Waals surface area contributed by atoms with Crippen molar-refractivity contribution in [3.63, 3.8) is 0 Å². The number of carbonyl (C=O) groups is 1. The molecule has 2 heterocycles. The van der Waals surface area contributed by atoms with Crippen LogP contribution in [0.15, 0.2) is 23.0 Å². The highest BCUT2D eigenvalue weighted by Gasteiger charge is 2.18. The third kappa shape index (κ3) is 1.21. The molecule has 1 aliphatic rings. The van der Waals surface area contributed by atoms with E-state index in [2.05, 4.69) is 16.4 Å². The summed E-state index contributed by atoms with van der Waals surface area (Å²) in [6, 6.07) is 7.86. The molecule has 0 aliphatic carbocycles. The van der Waals surface area contributed by atoms with Gasteiger partial charge < -0.3 is 0 Å². The molecule has 0 atom stereocenters. The van der Waals surface area contributed by atoms with E-state index in [4.69, 9.17) is 0 Å². The van der Waals surface area contributed by atoms with Crippen LogP contribution in [0.1, 0.15) is 6.42 Å². The average Bonchev–Trinajstić information content (AvgIpc) is 2.29. The molecule has 1 amide bonds. The first-order valence-electron chi connectivity index (χ1n) is 4.96. The van der Waals surface area contributed by atoms with Gasteiger partial charge in [0.15, 0.2) is 0 Å². The molecule has 5 heteroatoms. The summed E-state index contributed by atoms with van der Waals surface area (Å²) in [6.45, 7) is 0.390. The Hall–Kier alpha value is -2.17. The summed E-state index contributed by atoms with van der Waals surface area (Å²) in [5.74, 6) is 0.222. The van der Waals surface area contributed by atoms with Gasteiger partial charge in [0.05, 0.1) is 10.9 Å². The zero-order valence-electron chi connectivity index (χ0n) is 8.36. The number of nitrogens with one attached hydrogen (secondary N) is 1. The van der Waals surface area contributed by atoms with E-state index in [1.807, 2.05) is 0 Å². The first-order valence-corrected chi connectivity index (χ1v) is 4.96. The Morgan fingerprint density at radius 3 is 3.19 bits per heavy atom. The first kappa shape index (κ1) is 9.08. The molecule has 0 saturated carbocycles. The van der Waals surface area contributed by atoms with Crippen LogP contribution in [-0.4, -0.2) is 15.5 Å². The number of nitrogens with zero attached hydrogens (tertiary/aromatic N) is 2. The van der Waals surface area contributed by atoms with Crippen LogP contribution in [0.3, 0.4) is 0 Å². The molecule has 1 aliphatic heterocycles. The van der Waals surface area contributed by atoms with Gasteiger partial charge in [-0.2, -0.15) is 0 Å². The Morgan fingerprint density at radius 1 is 1.44 bits per heavy atom. The molecular formula is C11H8N3O2. The zero-order chi connectivity index (χ0) is 11.1. The molecule has 0 fully saturated rings. The molecule has 0 spiro atoms. The maximum absolute atomic E-state index is 12.0. The molecular weight excluding hydrogens is 206 g/mol. The molecule has 1 aromatic heterocycles. The Morgan fingerprint density at radius 2 is 2.31 bits per heavy atom. The smallest absolute Gasteiger partial charge is 0.262 e. The van der Waals surface area contributed by atoms with Gasteiger partial charge in [0, 0.05) is 13.0 Å². The zero-order valence-corrected chi connectivity index (χ0v) is 8.36. The first-order chi connectivity index (χ1) is 7.75. The third-order valence-corrected chi connectivity index (χ3v) is 2.61. The van der Waals surface area contributed by atoms with Crippen molar-refractivity contribution in [3.8, 4) is 0 Å². The lowest BCUT2D eigenvalue weighted by Crippen LogP contribution is -2.33. The van der Waals surface area contributed by atoms with Crippen molar-refractivity contribution < 1.29 is 4.79 Å². The standard InChI is InChI=1S/C11H8N3O2/c15-9-5-6-14-10(16)7-3-1-2-4-8(7)12-11(14)13-9/h1,3-4H,5-6H2,(H,12,13,15). The summed E-state index contributed by atoms with van der Waals surface area (Å²) in [4.78, 5) is 27.5. The number of hydrogen-bond acceptors (Lipinski definition) is 3. The van der Waals surface area contributed by atoms with E-state index in [0.29, 0.717) is 29.8 Å². The van der Waals surface area contributed by atoms with Crippen molar-refractivity contribution >= 4 is 22.8 Å². The van der Waals surface area contributed by atoms with Gasteiger partial charge in [-0.3, -0.25) is 19.5 Å². The largest absolute Gasteiger partial charge is 0.296 e. The van der Waals surface area contributed by atoms with Crippen LogP contribution in [0.25, 0.3) is 10.9 Å². The molecule has 1 N–H and O–H groups in total. The SMILES string of the molecule is O=C1CCn2c(nc3c[c]ccc3c2=O)N1. The van der Waals surface area contributed by atoms with E-state index in [1.54, 1.807) is 18.2 Å². The van der Waals surface area contributed by atoms with Gasteiger partial charge in [-0.05, 0) is 18.2 Å². The predicted octanol–water partition coefficient (Wildman–Crippen LogP) is 0.539. The quantitative estimate of drug-likeness (QED) is 0.696. The van der Waals surface area contributed by atoms with Crippen LogP contribution >= 0.6 is 0 Å². The highest BCUT2D eigenvalue weighted by atomic mass is 16.2. The monoisotopic (exact) mass is 214 g/mol. The number of amides is 1. The van der Waals surface area contributed by atoms with Crippen LogP contribution in [0.4, 0.5) is 5.95 Å². The molecule has 79 valence electrons. The molecule has 5 nitrogen and oxygen atoms in total. The minimum Gasteiger partial charge on any atom is -0.296 e. The van der Waals surface area contributed by atoms with E-state index in [9.17, 15) is 9.59 Å². The lowest BCUT2D eigenvalue weighted by molar-refractivity contribution is -0.116. The highest BCUT2D eigenvalue weighted by molar-refractivity contribution is 5.91. The molecule has 1 aromatic carbocycles. The Kier molecular flexibility index (Phi) is 1.80. The van der Waals surface area contributed by atoms with E-state index in [0.717, 1.165) is 0 Å². The lowest BCUT2D eigenvalue weighted by Gasteiger charge is -2.17. The minimum absolute atomic E-state index is 0.105. The Balaban J connectivity index is 2.37. The summed E-state index contributed by atoms with van der Waals surface area (Å²) >= 11 is 0. The van der Waals surface area contributed by atoms with Crippen molar-refractivity contribution in [2.45, 2.75) is 13.0 Å². The Bertz CT molecular complexity index is 645. The number of rotatable bonds is 0. The normalized spacial score (nSPS) is 14.6. The van der Waals surface area contributed by atoms with Crippen LogP contribution in [0, 0.1) is 6.07 Å². The van der Waals surface area contributed by atoms with Gasteiger partial charge in [-0.25, -0.2) is 4.98 Å². The fourth-order valence-corrected chi connectivity index (χ4v) is 1.81. The lowest BCUT2D eigenvalue weighted by atomic mass is 10.2. The maximum Gasteiger partial charge on any atom is 0.262 e. The number of hydrogen-bond donors (Lipinski definition) is 1. The van der Waals surface area contributed by atoms with Crippen molar-refractivity contribution in [2.24, 2.45) is 0 Å². The van der Waals surface area contributed by atoms with Gasteiger partial charge in [0.2, 0.25) is 11.9 Å². The maximum atomic E-state index is 12.0. The topological polar surface area (TPSA) is 64.0 Å². The molecule has 0 unspecified atom stereocenters. The number of fused-ring (bicyclic) bond motifs is 2. The second-order valence-electron chi connectivity index (χ2n) is 3.63. The van der Waals surface area contributed by atoms with Crippen LogP contribution < -0.4 is 10.9 Å². The Labute approximate surface area is 90.7 Å². The number of anilines is 1. The molecule has 0 saturated heterocycles. The van der Waals surface area contributed by atoms with Crippen molar-refractivity contribution in [3.05, 3.63) is 34.6 Å². The van der Waals surface area contributed by atoms with Crippen LogP contribution in [0.2, 0.25) is 0 Å². The molecule has 0 bridgehead atoms. The number of carbonyl (C=O) groups excluding carboxylic acids is 1. The van der Waals surface area contributed by atoms with Gasteiger partial charge in [-0.15, -0.1) is 0 Å². The van der Waals surface area contributed by atoms with Gasteiger partial charge in [0.25, 0.3) is 5.56 Å². The van der Waals surface area contributed by atoms with E-state index in [-0.39, 0.29) is 11.5 Å². The van der Waals surface area contributed by atoms with Crippen molar-refractivity contribution in [2.75, 3.05) is 5.32 Å². The van der Waals surface area contributed by atoms with Crippen LogP contribution in [0.5, 0.6) is 0 Å². The molecule has 1 radical (unpaired) electrons. The summed E-state index contributed by atoms with van der Waals surface area (Å²) in [5, 5.41) is 3.15. The predicted molar refractivity (Wildman–Crippen MR) is 58.1 cm³/mol. The third-order valence-electron chi connectivity index (χ3n) is 2.61. The van der Waals surface area contributed by atoms with E-state index in [1.165, 1.54) is 4.57 Å². The van der Waals surface area contributed by atoms with Gasteiger partial charge in [0.1, 0.15) is 0 Å². The highest BCUT2D eigenvalue weighted by Crippen LogP contribution is 2.14. The summed E-state index contributed by atoms with van der Waals surface area (Å²) in [5.41, 5.74) is 0.440. The summed E-state index contributed by atoms with van der Waals surface area (Å²) in [7, 11) is 0. The van der Waals surface area contributed by atoms with Crippen molar-refractivity contribution in [1.82, 2.24) is 9.55 Å². The van der Waals surface area contributed by atoms with E-state index >= 15 is 0 Å². The molecule has 3 rings (SSSR count). The molecule has 16 heavy (non-hydrogen) atoms. The fourth-order valence-electron chi connectivity index (χ4n) is 1.81. The summed E-state index contributed by atoms with van der Waals surface area (Å²) in [6.07, 6.45) is 0.319.